The molecule has 4 aromatic rings. The summed E-state index contributed by atoms with van der Waals surface area (Å²) in [6, 6.07) is 16.8. The smallest absolute Gasteiger partial charge is 0.323 e. The average Bonchev–Trinajstić information content (AvgIpc) is 3.51. The predicted octanol–water partition coefficient (Wildman–Crippen LogP) is 7.23. The van der Waals surface area contributed by atoms with E-state index in [4.69, 9.17) is 21.1 Å². The fourth-order valence-corrected chi connectivity index (χ4v) is 7.01. The van der Waals surface area contributed by atoms with Crippen LogP contribution in [-0.4, -0.2) is 29.7 Å². The molecule has 37 heavy (non-hydrogen) atoms. The number of hydrogen-bond acceptors (Lipinski definition) is 4. The lowest BCUT2D eigenvalue weighted by atomic mass is 9.95. The maximum Gasteiger partial charge on any atom is 0.323 e. The number of hydrogen-bond donors (Lipinski definition) is 1. The molecule has 0 fully saturated rings. The highest BCUT2D eigenvalue weighted by Crippen LogP contribution is 2.44. The Balaban J connectivity index is 1.48. The topological polar surface area (TPSA) is 55.7 Å². The Morgan fingerprint density at radius 1 is 1.03 bits per heavy atom. The van der Waals surface area contributed by atoms with E-state index in [0.29, 0.717) is 28.8 Å². The number of aryl methyl sites for hydroxylation is 1. The minimum Gasteiger partial charge on any atom is -0.497 e. The molecule has 3 heterocycles. The van der Waals surface area contributed by atoms with Gasteiger partial charge in [0.2, 0.25) is 0 Å². The van der Waals surface area contributed by atoms with Crippen molar-refractivity contribution in [1.82, 2.24) is 9.47 Å². The van der Waals surface area contributed by atoms with Crippen LogP contribution >= 0.6 is 22.9 Å². The van der Waals surface area contributed by atoms with E-state index in [1.807, 2.05) is 46.6 Å². The number of carbonyl (C=O) groups is 1. The third-order valence-electron chi connectivity index (χ3n) is 7.27. The molecule has 0 bridgehead atoms. The normalized spacial score (nSPS) is 16.3. The van der Waals surface area contributed by atoms with Crippen LogP contribution in [0.2, 0.25) is 5.02 Å². The number of nitrogens with zero attached hydrogens (tertiary/aromatic N) is 2. The van der Waals surface area contributed by atoms with Gasteiger partial charge < -0.3 is 24.3 Å². The fraction of sp³-hybridized carbons (Fsp3) is 0.276. The van der Waals surface area contributed by atoms with E-state index in [-0.39, 0.29) is 12.1 Å². The van der Waals surface area contributed by atoms with Crippen molar-refractivity contribution in [1.29, 1.82) is 0 Å². The van der Waals surface area contributed by atoms with E-state index in [1.54, 1.807) is 26.4 Å². The number of amides is 2. The molecule has 0 radical (unpaired) electrons. The lowest BCUT2D eigenvalue weighted by Crippen LogP contribution is -2.38. The molecule has 0 saturated heterocycles. The standard InChI is InChI=1S/C29H28ClN3O3S/c1-35-20-13-14-25(36-2)23(16-20)31-29(34)33-17-22-21-6-3-4-8-26(21)37-28(22)32-15-5-7-24(32)27(33)18-9-11-19(30)12-10-18/h5,7,9-16,27H,3-4,6,8,17H2,1-2H3,(H,31,34)/t27-/m1/s1. The molecule has 6 rings (SSSR count). The number of carbonyl (C=O) groups excluding carboxylic acids is 1. The van der Waals surface area contributed by atoms with Crippen LogP contribution in [0.25, 0.3) is 5.00 Å². The van der Waals surface area contributed by atoms with E-state index in [0.717, 1.165) is 24.1 Å². The molecule has 0 spiro atoms. The maximum atomic E-state index is 14.2. The molecular formula is C29H28ClN3O3S. The van der Waals surface area contributed by atoms with Gasteiger partial charge in [-0.05, 0) is 73.2 Å². The minimum atomic E-state index is -0.303. The van der Waals surface area contributed by atoms with Gasteiger partial charge in [0, 0.05) is 27.7 Å². The first-order valence-corrected chi connectivity index (χ1v) is 13.6. The van der Waals surface area contributed by atoms with Crippen LogP contribution in [-0.2, 0) is 19.4 Å². The lowest BCUT2D eigenvalue weighted by Gasteiger charge is -2.31. The molecule has 1 aliphatic heterocycles. The highest BCUT2D eigenvalue weighted by Gasteiger charge is 2.36. The minimum absolute atomic E-state index is 0.206. The summed E-state index contributed by atoms with van der Waals surface area (Å²) in [5.74, 6) is 1.22. The molecule has 190 valence electrons. The first-order chi connectivity index (χ1) is 18.1. The second kappa shape index (κ2) is 9.80. The predicted molar refractivity (Wildman–Crippen MR) is 148 cm³/mol. The number of nitrogens with one attached hydrogen (secondary N) is 1. The van der Waals surface area contributed by atoms with Crippen molar-refractivity contribution in [2.75, 3.05) is 19.5 Å². The van der Waals surface area contributed by atoms with E-state index >= 15 is 0 Å². The quantitative estimate of drug-likeness (QED) is 0.301. The van der Waals surface area contributed by atoms with Gasteiger partial charge in [0.15, 0.2) is 0 Å². The monoisotopic (exact) mass is 533 g/mol. The van der Waals surface area contributed by atoms with Crippen molar-refractivity contribution in [3.63, 3.8) is 0 Å². The number of thiophene rings is 1. The van der Waals surface area contributed by atoms with Gasteiger partial charge in [-0.1, -0.05) is 23.7 Å². The van der Waals surface area contributed by atoms with Crippen LogP contribution in [0.15, 0.2) is 60.8 Å². The summed E-state index contributed by atoms with van der Waals surface area (Å²) in [6.07, 6.45) is 6.69. The number of anilines is 1. The van der Waals surface area contributed by atoms with Crippen LogP contribution < -0.4 is 14.8 Å². The molecule has 0 saturated carbocycles. The summed E-state index contributed by atoms with van der Waals surface area (Å²) in [5, 5.41) is 5.01. The van der Waals surface area contributed by atoms with Crippen molar-refractivity contribution in [2.24, 2.45) is 0 Å². The van der Waals surface area contributed by atoms with Crippen molar-refractivity contribution in [2.45, 2.75) is 38.3 Å². The molecule has 8 heteroatoms. The summed E-state index contributed by atoms with van der Waals surface area (Å²) in [6.45, 7) is 0.508. The summed E-state index contributed by atoms with van der Waals surface area (Å²) >= 11 is 8.12. The zero-order valence-electron chi connectivity index (χ0n) is 20.8. The number of fused-ring (bicyclic) bond motifs is 5. The molecule has 1 atom stereocenters. The van der Waals surface area contributed by atoms with Crippen molar-refractivity contribution in [3.8, 4) is 16.5 Å². The Labute approximate surface area is 225 Å². The zero-order chi connectivity index (χ0) is 25.5. The molecule has 1 aliphatic carbocycles. The van der Waals surface area contributed by atoms with Gasteiger partial charge >= 0.3 is 6.03 Å². The van der Waals surface area contributed by atoms with Crippen LogP contribution in [0.4, 0.5) is 10.5 Å². The van der Waals surface area contributed by atoms with Gasteiger partial charge in [-0.25, -0.2) is 4.79 Å². The van der Waals surface area contributed by atoms with Crippen LogP contribution in [0.5, 0.6) is 11.5 Å². The van der Waals surface area contributed by atoms with E-state index < -0.39 is 0 Å². The molecule has 1 N–H and O–H groups in total. The first kappa shape index (κ1) is 23.9. The van der Waals surface area contributed by atoms with Gasteiger partial charge in [0.25, 0.3) is 0 Å². The van der Waals surface area contributed by atoms with Gasteiger partial charge in [0.05, 0.1) is 38.2 Å². The second-order valence-corrected chi connectivity index (χ2v) is 10.9. The Bertz CT molecular complexity index is 1460. The Kier molecular flexibility index (Phi) is 6.34. The largest absolute Gasteiger partial charge is 0.497 e. The van der Waals surface area contributed by atoms with Crippen molar-refractivity contribution >= 4 is 34.7 Å². The second-order valence-electron chi connectivity index (χ2n) is 9.38. The zero-order valence-corrected chi connectivity index (χ0v) is 22.4. The van der Waals surface area contributed by atoms with E-state index in [2.05, 4.69) is 28.2 Å². The number of rotatable bonds is 4. The maximum absolute atomic E-state index is 14.2. The van der Waals surface area contributed by atoms with E-state index in [1.165, 1.54) is 33.8 Å². The summed E-state index contributed by atoms with van der Waals surface area (Å²) in [4.78, 5) is 17.5. The van der Waals surface area contributed by atoms with Gasteiger partial charge in [-0.3, -0.25) is 0 Å². The van der Waals surface area contributed by atoms with Gasteiger partial charge in [-0.2, -0.15) is 0 Å². The third-order valence-corrected chi connectivity index (χ3v) is 8.86. The first-order valence-electron chi connectivity index (χ1n) is 12.4. The molecule has 2 aromatic carbocycles. The lowest BCUT2D eigenvalue weighted by molar-refractivity contribution is 0.194. The number of halogens is 1. The van der Waals surface area contributed by atoms with Gasteiger partial charge in [0.1, 0.15) is 16.5 Å². The Hall–Kier alpha value is -3.42. The van der Waals surface area contributed by atoms with Crippen LogP contribution in [0, 0.1) is 0 Å². The molecule has 2 aliphatic rings. The molecule has 6 nitrogen and oxygen atoms in total. The van der Waals surface area contributed by atoms with E-state index in [9.17, 15) is 4.79 Å². The molecule has 0 unspecified atom stereocenters. The number of ether oxygens (including phenoxy) is 2. The van der Waals surface area contributed by atoms with Crippen LogP contribution in [0.1, 0.15) is 46.1 Å². The van der Waals surface area contributed by atoms with Gasteiger partial charge in [-0.15, -0.1) is 11.3 Å². The molecular weight excluding hydrogens is 506 g/mol. The fourth-order valence-electron chi connectivity index (χ4n) is 5.48. The number of aromatic nitrogens is 1. The van der Waals surface area contributed by atoms with Crippen molar-refractivity contribution in [3.05, 3.63) is 93.1 Å². The number of urea groups is 1. The Morgan fingerprint density at radius 2 is 1.84 bits per heavy atom. The third kappa shape index (κ3) is 4.26. The summed E-state index contributed by atoms with van der Waals surface area (Å²) in [5.41, 5.74) is 5.28. The Morgan fingerprint density at radius 3 is 2.62 bits per heavy atom. The number of benzene rings is 2. The SMILES string of the molecule is COc1ccc(OC)c(NC(=O)N2Cc3c(sc4c3CCCC4)-n3cccc3[C@H]2c2ccc(Cl)cc2)c1. The van der Waals surface area contributed by atoms with Crippen molar-refractivity contribution < 1.29 is 14.3 Å². The summed E-state index contributed by atoms with van der Waals surface area (Å²) < 4.78 is 13.2. The summed E-state index contributed by atoms with van der Waals surface area (Å²) in [7, 11) is 3.20. The number of methoxy groups -OCH3 is 2. The highest BCUT2D eigenvalue weighted by molar-refractivity contribution is 7.15. The molecule has 2 amide bonds. The molecule has 2 aromatic heterocycles. The average molecular weight is 534 g/mol. The highest BCUT2D eigenvalue weighted by atomic mass is 35.5. The van der Waals surface area contributed by atoms with Crippen LogP contribution in [0.3, 0.4) is 0 Å².